The van der Waals surface area contributed by atoms with Gasteiger partial charge in [0.2, 0.25) is 0 Å². The fourth-order valence-corrected chi connectivity index (χ4v) is 4.20. The molecule has 0 saturated heterocycles. The van der Waals surface area contributed by atoms with Gasteiger partial charge in [-0.05, 0) is 56.1 Å². The van der Waals surface area contributed by atoms with E-state index in [1.54, 1.807) is 0 Å². The fraction of sp³-hybridized carbons (Fsp3) is 0.0769. The summed E-state index contributed by atoms with van der Waals surface area (Å²) in [6.07, 6.45) is 11.3. The molecule has 2 aliphatic rings. The van der Waals surface area contributed by atoms with E-state index in [1.807, 2.05) is 0 Å². The summed E-state index contributed by atoms with van der Waals surface area (Å²) >= 11 is 0. The molecule has 26 heavy (non-hydrogen) atoms. The lowest BCUT2D eigenvalue weighted by Gasteiger charge is -2.14. The summed E-state index contributed by atoms with van der Waals surface area (Å²) in [7, 11) is 0. The van der Waals surface area contributed by atoms with Crippen molar-refractivity contribution in [2.45, 2.75) is 12.8 Å². The molecule has 0 radical (unpaired) electrons. The Morgan fingerprint density at radius 2 is 1.46 bits per heavy atom. The Bertz CT molecular complexity index is 1260. The maximum atomic E-state index is 2.36. The van der Waals surface area contributed by atoms with E-state index in [2.05, 4.69) is 104 Å². The molecule has 124 valence electrons. The Labute approximate surface area is 153 Å². The summed E-state index contributed by atoms with van der Waals surface area (Å²) in [6.45, 7) is 2.24. The van der Waals surface area contributed by atoms with Gasteiger partial charge in [-0.25, -0.2) is 0 Å². The van der Waals surface area contributed by atoms with Crippen molar-refractivity contribution >= 4 is 11.6 Å². The highest BCUT2D eigenvalue weighted by Crippen LogP contribution is 2.27. The standard InChI is InChI=1S/C26H20/c1-18(19-9-3-2-4-10-19)22-15-16-24-23-14-8-7-13-21(23)17-25(24)26(22)20-11-5-6-12-20/h2-17,20H,1H3. The van der Waals surface area contributed by atoms with Crippen molar-refractivity contribution in [1.82, 2.24) is 0 Å². The molecule has 0 N–H and O–H groups in total. The van der Waals surface area contributed by atoms with Crippen LogP contribution >= 0.6 is 0 Å². The van der Waals surface area contributed by atoms with E-state index < -0.39 is 0 Å². The van der Waals surface area contributed by atoms with Crippen molar-refractivity contribution in [3.63, 3.8) is 0 Å². The molecule has 3 aromatic rings. The van der Waals surface area contributed by atoms with Crippen LogP contribution < -0.4 is 10.4 Å². The molecule has 0 heterocycles. The van der Waals surface area contributed by atoms with Gasteiger partial charge in [-0.1, -0.05) is 91.0 Å². The van der Waals surface area contributed by atoms with Crippen LogP contribution in [0.3, 0.4) is 0 Å². The van der Waals surface area contributed by atoms with Crippen LogP contribution in [0.2, 0.25) is 0 Å². The van der Waals surface area contributed by atoms with Gasteiger partial charge in [0, 0.05) is 5.92 Å². The summed E-state index contributed by atoms with van der Waals surface area (Å²) in [5.74, 6) is 0.337. The third-order valence-electron chi connectivity index (χ3n) is 5.53. The van der Waals surface area contributed by atoms with Crippen LogP contribution in [0.5, 0.6) is 0 Å². The summed E-state index contributed by atoms with van der Waals surface area (Å²) in [4.78, 5) is 0. The molecule has 0 bridgehead atoms. The highest BCUT2D eigenvalue weighted by Gasteiger charge is 2.17. The minimum Gasteiger partial charge on any atom is -0.0732 e. The van der Waals surface area contributed by atoms with Crippen molar-refractivity contribution in [2.75, 3.05) is 0 Å². The van der Waals surface area contributed by atoms with E-state index in [9.17, 15) is 0 Å². The van der Waals surface area contributed by atoms with Gasteiger partial charge in [0.25, 0.3) is 0 Å². The van der Waals surface area contributed by atoms with Crippen LogP contribution in [0, 0.1) is 10.4 Å². The van der Waals surface area contributed by atoms with Crippen molar-refractivity contribution < 1.29 is 0 Å². The minimum atomic E-state index is 0.337. The van der Waals surface area contributed by atoms with E-state index in [4.69, 9.17) is 0 Å². The molecule has 0 heteroatoms. The van der Waals surface area contributed by atoms with Gasteiger partial charge in [-0.3, -0.25) is 0 Å². The second kappa shape index (κ2) is 6.00. The molecule has 0 saturated carbocycles. The third kappa shape index (κ3) is 2.30. The predicted octanol–water partition coefficient (Wildman–Crippen LogP) is 4.54. The quantitative estimate of drug-likeness (QED) is 0.505. The Hall–Kier alpha value is -3.12. The van der Waals surface area contributed by atoms with E-state index in [-0.39, 0.29) is 0 Å². The van der Waals surface area contributed by atoms with Gasteiger partial charge < -0.3 is 0 Å². The zero-order valence-electron chi connectivity index (χ0n) is 14.8. The Balaban J connectivity index is 1.92. The molecular weight excluding hydrogens is 312 g/mol. The van der Waals surface area contributed by atoms with Crippen molar-refractivity contribution in [3.8, 4) is 0 Å². The summed E-state index contributed by atoms with van der Waals surface area (Å²) < 4.78 is 0. The number of allylic oxidation sites excluding steroid dienone is 4. The van der Waals surface area contributed by atoms with Gasteiger partial charge in [-0.2, -0.15) is 0 Å². The number of hydrogen-bond acceptors (Lipinski definition) is 0. The van der Waals surface area contributed by atoms with Crippen molar-refractivity contribution in [3.05, 3.63) is 129 Å². The SMILES string of the molecule is CC(c1ccccc1)=c1ccc2c(c1C1C=CC=C1)C=c1ccccc1=2. The molecule has 0 fully saturated rings. The summed E-state index contributed by atoms with van der Waals surface area (Å²) in [5.41, 5.74) is 5.42. The van der Waals surface area contributed by atoms with Gasteiger partial charge >= 0.3 is 0 Å². The monoisotopic (exact) mass is 332 g/mol. The first-order valence-corrected chi connectivity index (χ1v) is 9.18. The lowest BCUT2D eigenvalue weighted by atomic mass is 9.89. The normalized spacial score (nSPS) is 15.6. The molecule has 3 aromatic carbocycles. The number of hydrogen-bond donors (Lipinski definition) is 0. The van der Waals surface area contributed by atoms with Crippen LogP contribution in [0.1, 0.15) is 29.5 Å². The molecule has 2 aliphatic carbocycles. The molecule has 0 unspecified atom stereocenters. The maximum Gasteiger partial charge on any atom is 0.0217 e. The first kappa shape index (κ1) is 15.2. The summed E-state index contributed by atoms with van der Waals surface area (Å²) in [6, 6.07) is 24.0. The molecule has 0 aromatic heterocycles. The highest BCUT2D eigenvalue weighted by atomic mass is 14.2. The molecule has 0 aliphatic heterocycles. The second-order valence-electron chi connectivity index (χ2n) is 7.01. The van der Waals surface area contributed by atoms with E-state index in [0.29, 0.717) is 5.92 Å². The van der Waals surface area contributed by atoms with Crippen LogP contribution in [-0.2, 0) is 0 Å². The lowest BCUT2D eigenvalue weighted by Crippen LogP contribution is -2.16. The minimum absolute atomic E-state index is 0.337. The van der Waals surface area contributed by atoms with Crippen LogP contribution in [0.15, 0.2) is 91.0 Å². The molecule has 0 nitrogen and oxygen atoms in total. The molecule has 0 spiro atoms. The zero-order chi connectivity index (χ0) is 17.5. The molecular formula is C26H20. The highest BCUT2D eigenvalue weighted by molar-refractivity contribution is 5.69. The van der Waals surface area contributed by atoms with Crippen molar-refractivity contribution in [1.29, 1.82) is 0 Å². The fourth-order valence-electron chi connectivity index (χ4n) is 4.20. The Morgan fingerprint density at radius 3 is 2.27 bits per heavy atom. The van der Waals surface area contributed by atoms with Gasteiger partial charge in [0.1, 0.15) is 0 Å². The van der Waals surface area contributed by atoms with Crippen LogP contribution in [0.4, 0.5) is 0 Å². The van der Waals surface area contributed by atoms with Gasteiger partial charge in [0.15, 0.2) is 0 Å². The van der Waals surface area contributed by atoms with E-state index in [0.717, 1.165) is 0 Å². The number of fused-ring (bicyclic) bond motifs is 2. The van der Waals surface area contributed by atoms with Gasteiger partial charge in [-0.15, -0.1) is 0 Å². The zero-order valence-corrected chi connectivity index (χ0v) is 14.8. The second-order valence-corrected chi connectivity index (χ2v) is 7.01. The lowest BCUT2D eigenvalue weighted by molar-refractivity contribution is 1.07. The van der Waals surface area contributed by atoms with E-state index in [1.165, 1.54) is 43.1 Å². The molecule has 0 amide bonds. The first-order chi connectivity index (χ1) is 12.8. The average molecular weight is 332 g/mol. The Morgan fingerprint density at radius 1 is 0.731 bits per heavy atom. The first-order valence-electron chi connectivity index (χ1n) is 9.18. The smallest absolute Gasteiger partial charge is 0.0217 e. The number of benzene rings is 3. The molecule has 5 rings (SSSR count). The van der Waals surface area contributed by atoms with Crippen LogP contribution in [-0.4, -0.2) is 0 Å². The largest absolute Gasteiger partial charge is 0.0732 e. The topological polar surface area (TPSA) is 0 Å². The van der Waals surface area contributed by atoms with Crippen molar-refractivity contribution in [2.24, 2.45) is 0 Å². The maximum absolute atomic E-state index is 2.36. The van der Waals surface area contributed by atoms with Crippen LogP contribution in [0.25, 0.3) is 11.6 Å². The average Bonchev–Trinajstić information content (AvgIpc) is 3.35. The molecule has 0 atom stereocenters. The van der Waals surface area contributed by atoms with Gasteiger partial charge in [0.05, 0.1) is 0 Å². The Kier molecular flexibility index (Phi) is 3.50. The predicted molar refractivity (Wildman–Crippen MR) is 109 cm³/mol. The summed E-state index contributed by atoms with van der Waals surface area (Å²) in [5, 5.41) is 5.37. The third-order valence-corrected chi connectivity index (χ3v) is 5.53. The van der Waals surface area contributed by atoms with E-state index >= 15 is 0 Å². The number of rotatable bonds is 2.